The molecule has 0 spiro atoms. The summed E-state index contributed by atoms with van der Waals surface area (Å²) in [5.41, 5.74) is 3.33. The van der Waals surface area contributed by atoms with Crippen LogP contribution in [0.3, 0.4) is 0 Å². The summed E-state index contributed by atoms with van der Waals surface area (Å²) in [7, 11) is 0. The van der Waals surface area contributed by atoms with Crippen molar-refractivity contribution in [2.24, 2.45) is 0 Å². The third-order valence-corrected chi connectivity index (χ3v) is 2.11. The smallest absolute Gasteiger partial charge is 0.155 e. The molecule has 0 saturated carbocycles. The minimum atomic E-state index is 0.823. The SMILES string of the molecule is Cc1nc2ccc(C)c(C)n2n1. The van der Waals surface area contributed by atoms with Gasteiger partial charge in [0.2, 0.25) is 0 Å². The predicted molar refractivity (Wildman–Crippen MR) is 47.2 cm³/mol. The quantitative estimate of drug-likeness (QED) is 0.588. The van der Waals surface area contributed by atoms with Crippen LogP contribution in [0.2, 0.25) is 0 Å². The summed E-state index contributed by atoms with van der Waals surface area (Å²) in [6, 6.07) is 4.06. The summed E-state index contributed by atoms with van der Waals surface area (Å²) in [6.07, 6.45) is 0. The van der Waals surface area contributed by atoms with Gasteiger partial charge in [-0.25, -0.2) is 9.50 Å². The molecule has 62 valence electrons. The maximum atomic E-state index is 4.28. The molecule has 0 aromatic carbocycles. The summed E-state index contributed by atoms with van der Waals surface area (Å²) >= 11 is 0. The molecule has 12 heavy (non-hydrogen) atoms. The van der Waals surface area contributed by atoms with E-state index in [9.17, 15) is 0 Å². The molecule has 0 unspecified atom stereocenters. The minimum Gasteiger partial charge on any atom is -0.218 e. The van der Waals surface area contributed by atoms with Gasteiger partial charge in [0.05, 0.1) is 0 Å². The summed E-state index contributed by atoms with van der Waals surface area (Å²) in [5.74, 6) is 0.823. The van der Waals surface area contributed by atoms with Gasteiger partial charge in [-0.15, -0.1) is 0 Å². The number of hydrogen-bond acceptors (Lipinski definition) is 2. The lowest BCUT2D eigenvalue weighted by atomic mass is 10.2. The van der Waals surface area contributed by atoms with Crippen molar-refractivity contribution < 1.29 is 0 Å². The Morgan fingerprint density at radius 3 is 2.67 bits per heavy atom. The number of aryl methyl sites for hydroxylation is 3. The first kappa shape index (κ1) is 7.28. The Morgan fingerprint density at radius 2 is 1.92 bits per heavy atom. The molecule has 0 bridgehead atoms. The number of hydrogen-bond donors (Lipinski definition) is 0. The molecule has 0 aliphatic carbocycles. The zero-order valence-electron chi connectivity index (χ0n) is 7.50. The molecule has 0 amide bonds. The maximum Gasteiger partial charge on any atom is 0.155 e. The van der Waals surface area contributed by atoms with Crippen LogP contribution in [-0.4, -0.2) is 14.6 Å². The first-order valence-electron chi connectivity index (χ1n) is 3.98. The Balaban J connectivity index is 2.89. The Kier molecular flexibility index (Phi) is 1.40. The highest BCUT2D eigenvalue weighted by Gasteiger charge is 2.02. The van der Waals surface area contributed by atoms with E-state index in [1.807, 2.05) is 17.5 Å². The van der Waals surface area contributed by atoms with Gasteiger partial charge in [-0.2, -0.15) is 5.10 Å². The van der Waals surface area contributed by atoms with Crippen LogP contribution in [0, 0.1) is 20.8 Å². The maximum absolute atomic E-state index is 4.28. The van der Waals surface area contributed by atoms with Crippen molar-refractivity contribution in [1.29, 1.82) is 0 Å². The highest BCUT2D eigenvalue weighted by molar-refractivity contribution is 5.41. The fourth-order valence-electron chi connectivity index (χ4n) is 1.27. The van der Waals surface area contributed by atoms with Gasteiger partial charge < -0.3 is 0 Å². The van der Waals surface area contributed by atoms with E-state index < -0.39 is 0 Å². The van der Waals surface area contributed by atoms with E-state index in [0.717, 1.165) is 17.2 Å². The van der Waals surface area contributed by atoms with Gasteiger partial charge in [-0.1, -0.05) is 6.07 Å². The topological polar surface area (TPSA) is 30.2 Å². The van der Waals surface area contributed by atoms with Crippen LogP contribution in [0.5, 0.6) is 0 Å². The molecule has 0 atom stereocenters. The third kappa shape index (κ3) is 0.897. The number of fused-ring (bicyclic) bond motifs is 1. The number of nitrogens with zero attached hydrogens (tertiary/aromatic N) is 3. The van der Waals surface area contributed by atoms with Gasteiger partial charge in [-0.05, 0) is 32.4 Å². The molecule has 0 fully saturated rings. The van der Waals surface area contributed by atoms with Crippen LogP contribution in [0.25, 0.3) is 5.65 Å². The Hall–Kier alpha value is -1.38. The summed E-state index contributed by atoms with van der Waals surface area (Å²) < 4.78 is 1.88. The fraction of sp³-hybridized carbons (Fsp3) is 0.333. The lowest BCUT2D eigenvalue weighted by molar-refractivity contribution is 0.882. The zero-order valence-corrected chi connectivity index (χ0v) is 7.50. The molecule has 2 aromatic heterocycles. The van der Waals surface area contributed by atoms with Crippen molar-refractivity contribution in [3.8, 4) is 0 Å². The van der Waals surface area contributed by atoms with Crippen molar-refractivity contribution in [3.05, 3.63) is 29.2 Å². The molecule has 3 heteroatoms. The molecular formula is C9H11N3. The second kappa shape index (κ2) is 2.30. The highest BCUT2D eigenvalue weighted by Crippen LogP contribution is 2.09. The van der Waals surface area contributed by atoms with Crippen molar-refractivity contribution in [2.45, 2.75) is 20.8 Å². The molecule has 0 aliphatic heterocycles. The average molecular weight is 161 g/mol. The Morgan fingerprint density at radius 1 is 1.17 bits per heavy atom. The predicted octanol–water partition coefficient (Wildman–Crippen LogP) is 1.65. The molecular weight excluding hydrogens is 150 g/mol. The van der Waals surface area contributed by atoms with E-state index >= 15 is 0 Å². The second-order valence-electron chi connectivity index (χ2n) is 3.03. The van der Waals surface area contributed by atoms with Crippen molar-refractivity contribution in [2.75, 3.05) is 0 Å². The zero-order chi connectivity index (χ0) is 8.72. The van der Waals surface area contributed by atoms with Gasteiger partial charge in [0.1, 0.15) is 5.82 Å². The number of pyridine rings is 1. The molecule has 0 saturated heterocycles. The summed E-state index contributed by atoms with van der Waals surface area (Å²) in [4.78, 5) is 4.27. The average Bonchev–Trinajstić information content (AvgIpc) is 2.39. The Labute approximate surface area is 71.1 Å². The van der Waals surface area contributed by atoms with Crippen LogP contribution in [0.4, 0.5) is 0 Å². The molecule has 0 N–H and O–H groups in total. The molecule has 2 rings (SSSR count). The van der Waals surface area contributed by atoms with Crippen LogP contribution >= 0.6 is 0 Å². The molecule has 2 aromatic rings. The van der Waals surface area contributed by atoms with Gasteiger partial charge in [0.15, 0.2) is 5.65 Å². The van der Waals surface area contributed by atoms with E-state index in [4.69, 9.17) is 0 Å². The van der Waals surface area contributed by atoms with E-state index in [1.165, 1.54) is 5.56 Å². The van der Waals surface area contributed by atoms with Crippen LogP contribution < -0.4 is 0 Å². The lowest BCUT2D eigenvalue weighted by Crippen LogP contribution is -1.95. The summed E-state index contributed by atoms with van der Waals surface area (Å²) in [6.45, 7) is 6.03. The van der Waals surface area contributed by atoms with E-state index in [1.54, 1.807) is 0 Å². The summed E-state index contributed by atoms with van der Waals surface area (Å²) in [5, 5.41) is 4.28. The highest BCUT2D eigenvalue weighted by atomic mass is 15.3. The van der Waals surface area contributed by atoms with Gasteiger partial charge in [0.25, 0.3) is 0 Å². The van der Waals surface area contributed by atoms with E-state index in [0.29, 0.717) is 0 Å². The van der Waals surface area contributed by atoms with Crippen LogP contribution in [0.15, 0.2) is 12.1 Å². The van der Waals surface area contributed by atoms with Gasteiger partial charge in [-0.3, -0.25) is 0 Å². The van der Waals surface area contributed by atoms with Gasteiger partial charge >= 0.3 is 0 Å². The molecule has 3 nitrogen and oxygen atoms in total. The first-order chi connectivity index (χ1) is 5.68. The van der Waals surface area contributed by atoms with Crippen LogP contribution in [0.1, 0.15) is 17.1 Å². The molecule has 0 aliphatic rings. The van der Waals surface area contributed by atoms with Crippen molar-refractivity contribution in [1.82, 2.24) is 14.6 Å². The normalized spacial score (nSPS) is 10.9. The number of aromatic nitrogens is 3. The lowest BCUT2D eigenvalue weighted by Gasteiger charge is -2.00. The standard InChI is InChI=1S/C9H11N3/c1-6-4-5-9-10-8(3)11-12(9)7(6)2/h4-5H,1-3H3. The van der Waals surface area contributed by atoms with Crippen LogP contribution in [-0.2, 0) is 0 Å². The molecule has 2 heterocycles. The van der Waals surface area contributed by atoms with Crippen molar-refractivity contribution >= 4 is 5.65 Å². The third-order valence-electron chi connectivity index (χ3n) is 2.11. The number of rotatable bonds is 0. The first-order valence-corrected chi connectivity index (χ1v) is 3.98. The van der Waals surface area contributed by atoms with E-state index in [-0.39, 0.29) is 0 Å². The monoisotopic (exact) mass is 161 g/mol. The largest absolute Gasteiger partial charge is 0.218 e. The molecule has 0 radical (unpaired) electrons. The van der Waals surface area contributed by atoms with E-state index in [2.05, 4.69) is 30.0 Å². The Bertz CT molecular complexity index is 429. The minimum absolute atomic E-state index is 0.823. The van der Waals surface area contributed by atoms with Gasteiger partial charge in [0, 0.05) is 5.69 Å². The fourth-order valence-corrected chi connectivity index (χ4v) is 1.27. The van der Waals surface area contributed by atoms with Crippen molar-refractivity contribution in [3.63, 3.8) is 0 Å². The second-order valence-corrected chi connectivity index (χ2v) is 3.03.